The van der Waals surface area contributed by atoms with Crippen LogP contribution in [0, 0.1) is 0 Å². The molecule has 0 aliphatic heterocycles. The Morgan fingerprint density at radius 3 is 1.33 bits per heavy atom. The second-order valence-electron chi connectivity index (χ2n) is 12.4. The molecule has 0 saturated carbocycles. The molecule has 9 rings (SSSR count). The Morgan fingerprint density at radius 2 is 0.714 bits per heavy atom. The lowest BCUT2D eigenvalue weighted by molar-refractivity contribution is 1.07. The van der Waals surface area contributed by atoms with Crippen molar-refractivity contribution in [3.63, 3.8) is 0 Å². The highest BCUT2D eigenvalue weighted by atomic mass is 15.0. The Morgan fingerprint density at radius 1 is 0.286 bits per heavy atom. The number of rotatable bonds is 6. The van der Waals surface area contributed by atoms with Crippen LogP contribution in [0.2, 0.25) is 0 Å². The monoisotopic (exact) mass is 625 g/mol. The second kappa shape index (κ2) is 12.3. The molecule has 230 valence electrons. The zero-order valence-electron chi connectivity index (χ0n) is 26.8. The van der Waals surface area contributed by atoms with Gasteiger partial charge < -0.3 is 0 Å². The predicted molar refractivity (Wildman–Crippen MR) is 201 cm³/mol. The Bertz CT molecular complexity index is 2380. The molecule has 0 atom stereocenters. The average molecular weight is 626 g/mol. The molecule has 0 saturated heterocycles. The van der Waals surface area contributed by atoms with Crippen LogP contribution in [0.1, 0.15) is 11.1 Å². The molecule has 0 radical (unpaired) electrons. The van der Waals surface area contributed by atoms with Crippen LogP contribution in [0.5, 0.6) is 0 Å². The summed E-state index contributed by atoms with van der Waals surface area (Å²) in [4.78, 5) is 15.0. The van der Waals surface area contributed by atoms with Crippen molar-refractivity contribution >= 4 is 0 Å². The molecule has 1 aliphatic rings. The van der Waals surface area contributed by atoms with Crippen LogP contribution >= 0.6 is 0 Å². The Hall–Kier alpha value is -6.45. The molecule has 3 nitrogen and oxygen atoms in total. The predicted octanol–water partition coefficient (Wildman–Crippen LogP) is 11.4. The van der Waals surface area contributed by atoms with Crippen LogP contribution in [-0.2, 0) is 6.42 Å². The SMILES string of the molecule is c1ccc(-c2cc(-c3ccc(-c4cccc5c4Cc4ccccc4-5)cc3)cc(-c3nc(-c4ccccc4)nc(-c4ccccc4)n3)c2)cc1. The van der Waals surface area contributed by atoms with Crippen molar-refractivity contribution in [2.24, 2.45) is 0 Å². The average Bonchev–Trinajstić information content (AvgIpc) is 3.58. The summed E-state index contributed by atoms with van der Waals surface area (Å²) in [6.45, 7) is 0. The lowest BCUT2D eigenvalue weighted by Crippen LogP contribution is -2.00. The van der Waals surface area contributed by atoms with Gasteiger partial charge in [0.2, 0.25) is 0 Å². The fraction of sp³-hybridized carbons (Fsp3) is 0.0217. The summed E-state index contributed by atoms with van der Waals surface area (Å²) in [5, 5.41) is 0. The number of benzene rings is 7. The van der Waals surface area contributed by atoms with E-state index < -0.39 is 0 Å². The van der Waals surface area contributed by atoms with E-state index in [1.165, 1.54) is 33.4 Å². The molecule has 1 heterocycles. The van der Waals surface area contributed by atoms with E-state index in [1.54, 1.807) is 0 Å². The van der Waals surface area contributed by atoms with Crippen LogP contribution in [-0.4, -0.2) is 15.0 Å². The van der Waals surface area contributed by atoms with Gasteiger partial charge in [0.15, 0.2) is 17.5 Å². The fourth-order valence-electron chi connectivity index (χ4n) is 6.93. The van der Waals surface area contributed by atoms with E-state index in [9.17, 15) is 0 Å². The molecule has 1 aliphatic carbocycles. The van der Waals surface area contributed by atoms with Gasteiger partial charge in [-0.1, -0.05) is 158 Å². The summed E-state index contributed by atoms with van der Waals surface area (Å²) < 4.78 is 0. The Labute approximate surface area is 286 Å². The van der Waals surface area contributed by atoms with Gasteiger partial charge in [-0.25, -0.2) is 15.0 Å². The fourth-order valence-corrected chi connectivity index (χ4v) is 6.93. The van der Waals surface area contributed by atoms with Crippen molar-refractivity contribution < 1.29 is 0 Å². The summed E-state index contributed by atoms with van der Waals surface area (Å²) in [6.07, 6.45) is 0.966. The molecule has 8 aromatic rings. The maximum Gasteiger partial charge on any atom is 0.164 e. The third kappa shape index (κ3) is 5.52. The minimum absolute atomic E-state index is 0.641. The van der Waals surface area contributed by atoms with Crippen LogP contribution in [0.25, 0.3) is 78.7 Å². The van der Waals surface area contributed by atoms with Crippen molar-refractivity contribution in [3.8, 4) is 78.7 Å². The van der Waals surface area contributed by atoms with Crippen molar-refractivity contribution in [2.45, 2.75) is 6.42 Å². The van der Waals surface area contributed by atoms with Gasteiger partial charge in [0.1, 0.15) is 0 Å². The van der Waals surface area contributed by atoms with Gasteiger partial charge in [0, 0.05) is 16.7 Å². The number of hydrogen-bond acceptors (Lipinski definition) is 3. The number of fused-ring (bicyclic) bond motifs is 3. The molecule has 7 aromatic carbocycles. The molecule has 0 N–H and O–H groups in total. The quantitative estimate of drug-likeness (QED) is 0.185. The van der Waals surface area contributed by atoms with Gasteiger partial charge in [-0.15, -0.1) is 0 Å². The Balaban J connectivity index is 1.16. The zero-order valence-corrected chi connectivity index (χ0v) is 26.8. The molecule has 0 unspecified atom stereocenters. The molecule has 0 spiro atoms. The second-order valence-corrected chi connectivity index (χ2v) is 12.4. The van der Waals surface area contributed by atoms with Gasteiger partial charge in [0.25, 0.3) is 0 Å². The molecular weight excluding hydrogens is 595 g/mol. The summed E-state index contributed by atoms with van der Waals surface area (Å²) in [5.74, 6) is 1.94. The topological polar surface area (TPSA) is 38.7 Å². The van der Waals surface area contributed by atoms with E-state index in [0.717, 1.165) is 45.4 Å². The van der Waals surface area contributed by atoms with Crippen LogP contribution < -0.4 is 0 Å². The molecule has 0 amide bonds. The van der Waals surface area contributed by atoms with Crippen molar-refractivity contribution in [3.05, 3.63) is 187 Å². The molecule has 0 bridgehead atoms. The highest BCUT2D eigenvalue weighted by molar-refractivity contribution is 5.86. The van der Waals surface area contributed by atoms with E-state index in [-0.39, 0.29) is 0 Å². The number of aromatic nitrogens is 3. The maximum atomic E-state index is 5.05. The van der Waals surface area contributed by atoms with Crippen LogP contribution in [0.15, 0.2) is 176 Å². The van der Waals surface area contributed by atoms with Gasteiger partial charge >= 0.3 is 0 Å². The highest BCUT2D eigenvalue weighted by Crippen LogP contribution is 2.42. The van der Waals surface area contributed by atoms with E-state index in [0.29, 0.717) is 17.5 Å². The minimum Gasteiger partial charge on any atom is -0.208 e. The van der Waals surface area contributed by atoms with Gasteiger partial charge in [-0.3, -0.25) is 0 Å². The first kappa shape index (κ1) is 28.7. The summed E-state index contributed by atoms with van der Waals surface area (Å²) in [5.41, 5.74) is 15.4. The molecule has 1 aromatic heterocycles. The highest BCUT2D eigenvalue weighted by Gasteiger charge is 2.21. The van der Waals surface area contributed by atoms with Gasteiger partial charge in [0.05, 0.1) is 0 Å². The zero-order chi connectivity index (χ0) is 32.6. The van der Waals surface area contributed by atoms with E-state index in [4.69, 9.17) is 15.0 Å². The number of hydrogen-bond donors (Lipinski definition) is 0. The van der Waals surface area contributed by atoms with Crippen molar-refractivity contribution in [1.29, 1.82) is 0 Å². The molecule has 3 heteroatoms. The minimum atomic E-state index is 0.641. The summed E-state index contributed by atoms with van der Waals surface area (Å²) >= 11 is 0. The maximum absolute atomic E-state index is 5.05. The molecule has 0 fully saturated rings. The summed E-state index contributed by atoms with van der Waals surface area (Å²) in [6, 6.07) is 61.9. The smallest absolute Gasteiger partial charge is 0.164 e. The first-order valence-corrected chi connectivity index (χ1v) is 16.7. The van der Waals surface area contributed by atoms with Gasteiger partial charge in [-0.2, -0.15) is 0 Å². The van der Waals surface area contributed by atoms with Crippen molar-refractivity contribution in [2.75, 3.05) is 0 Å². The summed E-state index contributed by atoms with van der Waals surface area (Å²) in [7, 11) is 0. The molecular formula is C46H31N3. The third-order valence-electron chi connectivity index (χ3n) is 9.38. The standard InChI is InChI=1S/C46H31N3/c1-4-13-31(14-5-1)37-27-38(32-23-25-33(26-24-32)40-21-12-22-42-41-20-11-10-19-36(41)30-43(40)42)29-39(28-37)46-48-44(34-15-6-2-7-16-34)47-45(49-46)35-17-8-3-9-18-35/h1-29H,30H2. The van der Waals surface area contributed by atoms with Crippen LogP contribution in [0.4, 0.5) is 0 Å². The van der Waals surface area contributed by atoms with E-state index >= 15 is 0 Å². The normalized spacial score (nSPS) is 11.6. The lowest BCUT2D eigenvalue weighted by Gasteiger charge is -2.13. The Kier molecular flexibility index (Phi) is 7.21. The molecule has 49 heavy (non-hydrogen) atoms. The van der Waals surface area contributed by atoms with Gasteiger partial charge in [-0.05, 0) is 80.3 Å². The number of nitrogens with zero attached hydrogens (tertiary/aromatic N) is 3. The largest absolute Gasteiger partial charge is 0.208 e. The van der Waals surface area contributed by atoms with E-state index in [1.807, 2.05) is 60.7 Å². The van der Waals surface area contributed by atoms with Crippen molar-refractivity contribution in [1.82, 2.24) is 15.0 Å². The van der Waals surface area contributed by atoms with Crippen LogP contribution in [0.3, 0.4) is 0 Å². The lowest BCUT2D eigenvalue weighted by atomic mass is 9.92. The first-order chi connectivity index (χ1) is 24.3. The van der Waals surface area contributed by atoms with E-state index in [2.05, 4.69) is 115 Å². The first-order valence-electron chi connectivity index (χ1n) is 16.7. The third-order valence-corrected chi connectivity index (χ3v) is 9.38.